The maximum absolute atomic E-state index is 6.28. The van der Waals surface area contributed by atoms with Gasteiger partial charge in [-0.1, -0.05) is 20.3 Å². The molecule has 0 aromatic heterocycles. The topological polar surface area (TPSA) is 26.0 Å². The largest absolute Gasteiger partial charge is 0.325 e. The monoisotopic (exact) mass is 153 g/mol. The van der Waals surface area contributed by atoms with Gasteiger partial charge < -0.3 is 5.73 Å². The minimum atomic E-state index is 0.252. The third-order valence-electron chi connectivity index (χ3n) is 3.53. The van der Waals surface area contributed by atoms with Gasteiger partial charge in [0, 0.05) is 5.54 Å². The standard InChI is InChI=1S/C10H19N/c1-9(2)6-10(11,7-9)8-4-3-5-8/h8H,3-7,11H2,1-2H3. The Labute approximate surface area is 69.4 Å². The van der Waals surface area contributed by atoms with Gasteiger partial charge in [-0.2, -0.15) is 0 Å². The molecule has 0 aliphatic heterocycles. The minimum absolute atomic E-state index is 0.252. The van der Waals surface area contributed by atoms with Crippen LogP contribution in [0, 0.1) is 11.3 Å². The molecule has 0 aromatic carbocycles. The van der Waals surface area contributed by atoms with Crippen LogP contribution in [0.3, 0.4) is 0 Å². The molecule has 1 nitrogen and oxygen atoms in total. The van der Waals surface area contributed by atoms with E-state index in [2.05, 4.69) is 13.8 Å². The summed E-state index contributed by atoms with van der Waals surface area (Å²) < 4.78 is 0. The molecule has 1 heteroatoms. The van der Waals surface area contributed by atoms with Gasteiger partial charge in [0.2, 0.25) is 0 Å². The van der Waals surface area contributed by atoms with Crippen LogP contribution >= 0.6 is 0 Å². The predicted molar refractivity (Wildman–Crippen MR) is 47.3 cm³/mol. The summed E-state index contributed by atoms with van der Waals surface area (Å²) in [4.78, 5) is 0. The maximum Gasteiger partial charge on any atom is 0.0193 e. The van der Waals surface area contributed by atoms with Crippen LogP contribution in [0.1, 0.15) is 46.0 Å². The van der Waals surface area contributed by atoms with E-state index in [0.717, 1.165) is 5.92 Å². The highest BCUT2D eigenvalue weighted by Crippen LogP contribution is 2.54. The van der Waals surface area contributed by atoms with E-state index < -0.39 is 0 Å². The summed E-state index contributed by atoms with van der Waals surface area (Å²) in [6, 6.07) is 0. The van der Waals surface area contributed by atoms with Crippen LogP contribution in [0.25, 0.3) is 0 Å². The van der Waals surface area contributed by atoms with Crippen molar-refractivity contribution in [1.82, 2.24) is 0 Å². The number of hydrogen-bond acceptors (Lipinski definition) is 1. The van der Waals surface area contributed by atoms with Crippen molar-refractivity contribution in [1.29, 1.82) is 0 Å². The molecule has 11 heavy (non-hydrogen) atoms. The molecule has 64 valence electrons. The van der Waals surface area contributed by atoms with E-state index in [1.807, 2.05) is 0 Å². The maximum atomic E-state index is 6.28. The zero-order valence-electron chi connectivity index (χ0n) is 7.69. The molecule has 2 aliphatic rings. The van der Waals surface area contributed by atoms with E-state index in [1.54, 1.807) is 0 Å². The highest BCUT2D eigenvalue weighted by Gasteiger charge is 2.51. The molecule has 0 unspecified atom stereocenters. The number of rotatable bonds is 1. The Hall–Kier alpha value is -0.0400. The first-order valence-electron chi connectivity index (χ1n) is 4.81. The summed E-state index contributed by atoms with van der Waals surface area (Å²) in [5.41, 5.74) is 7.08. The average molecular weight is 153 g/mol. The lowest BCUT2D eigenvalue weighted by Gasteiger charge is -2.57. The van der Waals surface area contributed by atoms with E-state index in [4.69, 9.17) is 5.73 Å². The molecule has 2 aliphatic carbocycles. The SMILES string of the molecule is CC1(C)CC(N)(C2CCC2)C1. The molecule has 0 saturated heterocycles. The normalized spacial score (nSPS) is 34.1. The highest BCUT2D eigenvalue weighted by molar-refractivity contribution is 5.08. The van der Waals surface area contributed by atoms with E-state index in [-0.39, 0.29) is 5.54 Å². The van der Waals surface area contributed by atoms with Crippen molar-refractivity contribution < 1.29 is 0 Å². The number of nitrogens with two attached hydrogens (primary N) is 1. The van der Waals surface area contributed by atoms with Crippen molar-refractivity contribution in [3.8, 4) is 0 Å². The summed E-state index contributed by atoms with van der Waals surface area (Å²) in [5, 5.41) is 0. The number of hydrogen-bond donors (Lipinski definition) is 1. The van der Waals surface area contributed by atoms with Crippen molar-refractivity contribution in [2.75, 3.05) is 0 Å². The van der Waals surface area contributed by atoms with Crippen LogP contribution in [0.2, 0.25) is 0 Å². The third kappa shape index (κ3) is 1.10. The van der Waals surface area contributed by atoms with Gasteiger partial charge in [0.1, 0.15) is 0 Å². The van der Waals surface area contributed by atoms with Gasteiger partial charge in [-0.3, -0.25) is 0 Å². The Balaban J connectivity index is 1.94. The van der Waals surface area contributed by atoms with E-state index in [0.29, 0.717) is 5.41 Å². The van der Waals surface area contributed by atoms with Crippen molar-refractivity contribution in [3.63, 3.8) is 0 Å². The molecular weight excluding hydrogens is 134 g/mol. The lowest BCUT2D eigenvalue weighted by atomic mass is 9.52. The molecular formula is C10H19N. The van der Waals surface area contributed by atoms with Gasteiger partial charge in [-0.25, -0.2) is 0 Å². The lowest BCUT2D eigenvalue weighted by molar-refractivity contribution is -0.0128. The zero-order valence-corrected chi connectivity index (χ0v) is 7.69. The molecule has 0 radical (unpaired) electrons. The van der Waals surface area contributed by atoms with Crippen LogP contribution in [0.5, 0.6) is 0 Å². The van der Waals surface area contributed by atoms with Gasteiger partial charge >= 0.3 is 0 Å². The first-order chi connectivity index (χ1) is 5.02. The van der Waals surface area contributed by atoms with Crippen LogP contribution in [-0.4, -0.2) is 5.54 Å². The van der Waals surface area contributed by atoms with E-state index in [1.165, 1.54) is 32.1 Å². The van der Waals surface area contributed by atoms with Gasteiger partial charge in [-0.15, -0.1) is 0 Å². The first-order valence-corrected chi connectivity index (χ1v) is 4.81. The molecule has 2 N–H and O–H groups in total. The van der Waals surface area contributed by atoms with E-state index in [9.17, 15) is 0 Å². The molecule has 0 heterocycles. The first kappa shape index (κ1) is 7.60. The van der Waals surface area contributed by atoms with Gasteiger partial charge in [0.15, 0.2) is 0 Å². The average Bonchev–Trinajstić information content (AvgIpc) is 1.49. The zero-order chi connectivity index (χ0) is 8.11. The van der Waals surface area contributed by atoms with Gasteiger partial charge in [-0.05, 0) is 37.0 Å². The minimum Gasteiger partial charge on any atom is -0.325 e. The van der Waals surface area contributed by atoms with Crippen molar-refractivity contribution in [2.24, 2.45) is 17.1 Å². The Bertz CT molecular complexity index is 160. The second-order valence-electron chi connectivity index (χ2n) is 5.38. The quantitative estimate of drug-likeness (QED) is 0.614. The molecule has 0 atom stereocenters. The van der Waals surface area contributed by atoms with Crippen LogP contribution < -0.4 is 5.73 Å². The molecule has 2 saturated carbocycles. The summed E-state index contributed by atoms with van der Waals surface area (Å²) in [6.45, 7) is 4.66. The summed E-state index contributed by atoms with van der Waals surface area (Å²) in [6.07, 6.45) is 6.72. The molecule has 2 rings (SSSR count). The second-order valence-corrected chi connectivity index (χ2v) is 5.38. The Morgan fingerprint density at radius 3 is 2.00 bits per heavy atom. The fourth-order valence-corrected chi connectivity index (χ4v) is 3.00. The Morgan fingerprint density at radius 1 is 1.18 bits per heavy atom. The summed E-state index contributed by atoms with van der Waals surface area (Å²) in [7, 11) is 0. The molecule has 0 amide bonds. The summed E-state index contributed by atoms with van der Waals surface area (Å²) in [5.74, 6) is 0.871. The highest BCUT2D eigenvalue weighted by atomic mass is 14.8. The fourth-order valence-electron chi connectivity index (χ4n) is 3.00. The second kappa shape index (κ2) is 2.01. The lowest BCUT2D eigenvalue weighted by Crippen LogP contribution is -2.61. The Kier molecular flexibility index (Phi) is 1.39. The summed E-state index contributed by atoms with van der Waals surface area (Å²) >= 11 is 0. The van der Waals surface area contributed by atoms with Gasteiger partial charge in [0.25, 0.3) is 0 Å². The van der Waals surface area contributed by atoms with Crippen LogP contribution in [0.4, 0.5) is 0 Å². The molecule has 0 spiro atoms. The van der Waals surface area contributed by atoms with Crippen molar-refractivity contribution in [3.05, 3.63) is 0 Å². The Morgan fingerprint density at radius 2 is 1.73 bits per heavy atom. The molecule has 0 bridgehead atoms. The van der Waals surface area contributed by atoms with Crippen molar-refractivity contribution >= 4 is 0 Å². The third-order valence-corrected chi connectivity index (χ3v) is 3.53. The predicted octanol–water partition coefficient (Wildman–Crippen LogP) is 2.30. The smallest absolute Gasteiger partial charge is 0.0193 e. The van der Waals surface area contributed by atoms with Crippen LogP contribution in [-0.2, 0) is 0 Å². The van der Waals surface area contributed by atoms with Crippen LogP contribution in [0.15, 0.2) is 0 Å². The van der Waals surface area contributed by atoms with Crippen molar-refractivity contribution in [2.45, 2.75) is 51.5 Å². The van der Waals surface area contributed by atoms with Gasteiger partial charge in [0.05, 0.1) is 0 Å². The van der Waals surface area contributed by atoms with E-state index >= 15 is 0 Å². The molecule has 2 fully saturated rings. The molecule has 0 aromatic rings. The fraction of sp³-hybridized carbons (Fsp3) is 1.00.